The number of nitrogens with one attached hydrogen (secondary N) is 1. The van der Waals surface area contributed by atoms with Crippen LogP contribution >= 0.6 is 15.9 Å². The van der Waals surface area contributed by atoms with Gasteiger partial charge in [-0.2, -0.15) is 5.26 Å². The molecule has 2 saturated heterocycles. The van der Waals surface area contributed by atoms with Gasteiger partial charge in [-0.25, -0.2) is 0 Å². The van der Waals surface area contributed by atoms with E-state index >= 15 is 0 Å². The van der Waals surface area contributed by atoms with Crippen molar-refractivity contribution in [2.45, 2.75) is 37.5 Å². The molecule has 3 nitrogen and oxygen atoms in total. The van der Waals surface area contributed by atoms with Gasteiger partial charge in [-0.05, 0) is 37.5 Å². The molecule has 3 atom stereocenters. The minimum Gasteiger partial charge on any atom is -0.379 e. The molecular formula is C13H13BrN2O. The molecule has 0 aliphatic carbocycles. The van der Waals surface area contributed by atoms with Gasteiger partial charge in [-0.15, -0.1) is 0 Å². The van der Waals surface area contributed by atoms with Crippen LogP contribution in [0.25, 0.3) is 0 Å². The maximum Gasteiger partial charge on any atom is 0.101 e. The summed E-state index contributed by atoms with van der Waals surface area (Å²) in [5, 5.41) is 12.6. The lowest BCUT2D eigenvalue weighted by Crippen LogP contribution is -2.30. The van der Waals surface area contributed by atoms with Crippen molar-refractivity contribution in [3.8, 4) is 6.07 Å². The average molecular weight is 293 g/mol. The molecule has 2 aliphatic rings. The highest BCUT2D eigenvalue weighted by Gasteiger charge is 2.40. The molecule has 0 aromatic heterocycles. The Balaban J connectivity index is 1.79. The second kappa shape index (κ2) is 4.32. The lowest BCUT2D eigenvalue weighted by molar-refractivity contribution is 0.102. The summed E-state index contributed by atoms with van der Waals surface area (Å²) in [6, 6.07) is 8.34. The Morgan fingerprint density at radius 1 is 1.41 bits per heavy atom. The number of ether oxygens (including phenoxy) is 1. The van der Waals surface area contributed by atoms with Crippen molar-refractivity contribution in [2.75, 3.05) is 5.32 Å². The first kappa shape index (κ1) is 11.1. The number of nitrogens with zero attached hydrogens (tertiary/aromatic N) is 1. The Morgan fingerprint density at radius 2 is 2.29 bits per heavy atom. The van der Waals surface area contributed by atoms with Gasteiger partial charge in [0.2, 0.25) is 0 Å². The molecule has 0 spiro atoms. The fourth-order valence-electron chi connectivity index (χ4n) is 2.72. The van der Waals surface area contributed by atoms with E-state index in [1.807, 2.05) is 18.2 Å². The zero-order valence-electron chi connectivity index (χ0n) is 9.32. The largest absolute Gasteiger partial charge is 0.379 e. The number of anilines is 1. The van der Waals surface area contributed by atoms with E-state index in [0.717, 1.165) is 23.0 Å². The van der Waals surface area contributed by atoms with Crippen LogP contribution in [0.2, 0.25) is 0 Å². The first-order valence-electron chi connectivity index (χ1n) is 5.88. The Bertz CT molecular complexity index is 483. The Kier molecular flexibility index (Phi) is 2.81. The number of nitriles is 1. The molecule has 2 bridgehead atoms. The second-order valence-electron chi connectivity index (χ2n) is 4.66. The number of rotatable bonds is 2. The first-order valence-corrected chi connectivity index (χ1v) is 6.67. The molecule has 17 heavy (non-hydrogen) atoms. The fourth-order valence-corrected chi connectivity index (χ4v) is 3.09. The van der Waals surface area contributed by atoms with Crippen molar-refractivity contribution in [3.63, 3.8) is 0 Å². The quantitative estimate of drug-likeness (QED) is 0.911. The smallest absolute Gasteiger partial charge is 0.101 e. The van der Waals surface area contributed by atoms with Crippen molar-refractivity contribution in [2.24, 2.45) is 0 Å². The molecule has 0 saturated carbocycles. The zero-order chi connectivity index (χ0) is 11.8. The van der Waals surface area contributed by atoms with Crippen LogP contribution < -0.4 is 5.32 Å². The van der Waals surface area contributed by atoms with Crippen LogP contribution in [0.5, 0.6) is 0 Å². The first-order chi connectivity index (χ1) is 8.26. The summed E-state index contributed by atoms with van der Waals surface area (Å²) >= 11 is 3.38. The monoisotopic (exact) mass is 292 g/mol. The molecule has 2 fully saturated rings. The number of halogens is 1. The fraction of sp³-hybridized carbons (Fsp3) is 0.462. The van der Waals surface area contributed by atoms with Crippen molar-refractivity contribution in [1.29, 1.82) is 5.26 Å². The summed E-state index contributed by atoms with van der Waals surface area (Å²) in [7, 11) is 0. The Labute approximate surface area is 109 Å². The average Bonchev–Trinajstić information content (AvgIpc) is 2.93. The van der Waals surface area contributed by atoms with Gasteiger partial charge in [-0.1, -0.05) is 15.9 Å². The van der Waals surface area contributed by atoms with Crippen LogP contribution in [-0.4, -0.2) is 18.2 Å². The van der Waals surface area contributed by atoms with E-state index in [0.29, 0.717) is 23.8 Å². The van der Waals surface area contributed by atoms with Gasteiger partial charge in [0, 0.05) is 4.47 Å². The molecule has 3 unspecified atom stereocenters. The molecule has 2 heterocycles. The zero-order valence-corrected chi connectivity index (χ0v) is 10.9. The van der Waals surface area contributed by atoms with Gasteiger partial charge >= 0.3 is 0 Å². The number of benzene rings is 1. The molecule has 0 radical (unpaired) electrons. The number of hydrogen-bond acceptors (Lipinski definition) is 3. The van der Waals surface area contributed by atoms with Gasteiger partial charge in [0.15, 0.2) is 0 Å². The number of fused-ring (bicyclic) bond motifs is 2. The molecule has 3 rings (SSSR count). The molecule has 1 aromatic carbocycles. The maximum atomic E-state index is 9.11. The molecule has 1 N–H and O–H groups in total. The standard InChI is InChI=1S/C13H13BrN2O/c14-9-1-3-11(8(5-9)7-15)16-12-6-10-2-4-13(12)17-10/h1,3,5,10,12-13,16H,2,4,6H2. The predicted molar refractivity (Wildman–Crippen MR) is 68.8 cm³/mol. The molecular weight excluding hydrogens is 280 g/mol. The second-order valence-corrected chi connectivity index (χ2v) is 5.58. The minimum absolute atomic E-state index is 0.329. The van der Waals surface area contributed by atoms with Crippen LogP contribution in [0.4, 0.5) is 5.69 Å². The molecule has 1 aromatic rings. The summed E-state index contributed by atoms with van der Waals surface area (Å²) in [6.45, 7) is 0. The van der Waals surface area contributed by atoms with Crippen LogP contribution in [0.3, 0.4) is 0 Å². The van der Waals surface area contributed by atoms with Crippen LogP contribution in [0.15, 0.2) is 22.7 Å². The summed E-state index contributed by atoms with van der Waals surface area (Å²) < 4.78 is 6.73. The van der Waals surface area contributed by atoms with Crippen LogP contribution in [0.1, 0.15) is 24.8 Å². The lowest BCUT2D eigenvalue weighted by Gasteiger charge is -2.21. The third-order valence-corrected chi connectivity index (χ3v) is 4.04. The lowest BCUT2D eigenvalue weighted by atomic mass is 9.95. The van der Waals surface area contributed by atoms with E-state index in [4.69, 9.17) is 10.00 Å². The van der Waals surface area contributed by atoms with E-state index in [1.54, 1.807) is 0 Å². The van der Waals surface area contributed by atoms with Crippen molar-refractivity contribution >= 4 is 21.6 Å². The minimum atomic E-state index is 0.329. The van der Waals surface area contributed by atoms with E-state index < -0.39 is 0 Å². The summed E-state index contributed by atoms with van der Waals surface area (Å²) in [5.74, 6) is 0. The Morgan fingerprint density at radius 3 is 2.94 bits per heavy atom. The van der Waals surface area contributed by atoms with Gasteiger partial charge in [-0.3, -0.25) is 0 Å². The van der Waals surface area contributed by atoms with Gasteiger partial charge in [0.25, 0.3) is 0 Å². The maximum absolute atomic E-state index is 9.11. The van der Waals surface area contributed by atoms with E-state index in [2.05, 4.69) is 27.3 Å². The van der Waals surface area contributed by atoms with Crippen molar-refractivity contribution < 1.29 is 4.74 Å². The van der Waals surface area contributed by atoms with Crippen LogP contribution in [-0.2, 0) is 4.74 Å². The highest BCUT2D eigenvalue weighted by atomic mass is 79.9. The number of hydrogen-bond donors (Lipinski definition) is 1. The third kappa shape index (κ3) is 2.05. The predicted octanol–water partition coefficient (Wildman–Crippen LogP) is 3.05. The van der Waals surface area contributed by atoms with Crippen LogP contribution in [0, 0.1) is 11.3 Å². The van der Waals surface area contributed by atoms with E-state index in [-0.39, 0.29) is 0 Å². The van der Waals surface area contributed by atoms with E-state index in [9.17, 15) is 0 Å². The summed E-state index contributed by atoms with van der Waals surface area (Å²) in [5.41, 5.74) is 1.60. The summed E-state index contributed by atoms with van der Waals surface area (Å²) in [6.07, 6.45) is 4.15. The highest BCUT2D eigenvalue weighted by Crippen LogP contribution is 2.36. The topological polar surface area (TPSA) is 45.0 Å². The molecule has 0 amide bonds. The Hall–Kier alpha value is -1.05. The van der Waals surface area contributed by atoms with Crippen molar-refractivity contribution in [3.05, 3.63) is 28.2 Å². The van der Waals surface area contributed by atoms with E-state index in [1.165, 1.54) is 6.42 Å². The molecule has 88 valence electrons. The summed E-state index contributed by atoms with van der Waals surface area (Å²) in [4.78, 5) is 0. The highest BCUT2D eigenvalue weighted by molar-refractivity contribution is 9.10. The third-order valence-electron chi connectivity index (χ3n) is 3.55. The molecule has 4 heteroatoms. The normalized spacial score (nSPS) is 30.2. The van der Waals surface area contributed by atoms with Gasteiger partial charge in [0.05, 0.1) is 29.5 Å². The SMILES string of the molecule is N#Cc1cc(Br)ccc1NC1CC2CCC1O2. The molecule has 2 aliphatic heterocycles. The van der Waals surface area contributed by atoms with Gasteiger partial charge < -0.3 is 10.1 Å². The van der Waals surface area contributed by atoms with Gasteiger partial charge in [0.1, 0.15) is 6.07 Å². The van der Waals surface area contributed by atoms with Crippen molar-refractivity contribution in [1.82, 2.24) is 0 Å².